The summed E-state index contributed by atoms with van der Waals surface area (Å²) < 4.78 is 0. The highest BCUT2D eigenvalue weighted by Gasteiger charge is 2.13. The first-order valence-corrected chi connectivity index (χ1v) is 11.4. The second kappa shape index (κ2) is 11.4. The summed E-state index contributed by atoms with van der Waals surface area (Å²) in [6.07, 6.45) is 1.14. The molecule has 0 radical (unpaired) electrons. The number of benzene rings is 3. The average Bonchev–Trinajstić information content (AvgIpc) is 2.77. The van der Waals surface area contributed by atoms with Crippen molar-refractivity contribution in [2.45, 2.75) is 31.6 Å². The number of anilines is 1. The molecular weight excluding hydrogens is 404 g/mol. The second-order valence-corrected chi connectivity index (χ2v) is 8.60. The Morgan fingerprint density at radius 2 is 1.61 bits per heavy atom. The van der Waals surface area contributed by atoms with Crippen LogP contribution in [-0.2, 0) is 11.2 Å². The fourth-order valence-corrected chi connectivity index (χ4v) is 4.08. The summed E-state index contributed by atoms with van der Waals surface area (Å²) in [6, 6.07) is 23.5. The third-order valence-corrected chi connectivity index (χ3v) is 6.06. The van der Waals surface area contributed by atoms with Gasteiger partial charge in [-0.25, -0.2) is 0 Å². The Kier molecular flexibility index (Phi) is 8.30. The van der Waals surface area contributed by atoms with Crippen molar-refractivity contribution in [2.24, 2.45) is 0 Å². The van der Waals surface area contributed by atoms with Gasteiger partial charge in [0.1, 0.15) is 0 Å². The highest BCUT2D eigenvalue weighted by Crippen LogP contribution is 2.22. The Bertz CT molecular complexity index is 1030. The van der Waals surface area contributed by atoms with Gasteiger partial charge in [-0.1, -0.05) is 48.5 Å². The largest absolute Gasteiger partial charge is 0.352 e. The van der Waals surface area contributed by atoms with Crippen LogP contribution < -0.4 is 10.6 Å². The first kappa shape index (κ1) is 22.6. The van der Waals surface area contributed by atoms with Crippen LogP contribution in [0.15, 0.2) is 77.7 Å². The summed E-state index contributed by atoms with van der Waals surface area (Å²) in [7, 11) is 0. The molecule has 31 heavy (non-hydrogen) atoms. The summed E-state index contributed by atoms with van der Waals surface area (Å²) in [4.78, 5) is 26.2. The number of hydrogen-bond acceptors (Lipinski definition) is 3. The van der Waals surface area contributed by atoms with Crippen molar-refractivity contribution in [2.75, 3.05) is 17.6 Å². The number of aryl methyl sites for hydroxylation is 2. The van der Waals surface area contributed by atoms with Crippen LogP contribution in [0.2, 0.25) is 0 Å². The summed E-state index contributed by atoms with van der Waals surface area (Å²) >= 11 is 1.66. The molecule has 2 amide bonds. The number of hydrogen-bond donors (Lipinski definition) is 2. The maximum atomic E-state index is 12.6. The molecule has 0 aromatic heterocycles. The molecule has 3 aromatic rings. The lowest BCUT2D eigenvalue weighted by Crippen LogP contribution is -2.27. The van der Waals surface area contributed by atoms with Gasteiger partial charge in [-0.3, -0.25) is 9.59 Å². The molecule has 4 nitrogen and oxygen atoms in total. The molecule has 3 rings (SSSR count). The van der Waals surface area contributed by atoms with Crippen molar-refractivity contribution in [3.63, 3.8) is 0 Å². The highest BCUT2D eigenvalue weighted by molar-refractivity contribution is 7.99. The molecule has 0 fully saturated rings. The van der Waals surface area contributed by atoms with E-state index in [1.54, 1.807) is 30.0 Å². The van der Waals surface area contributed by atoms with Crippen LogP contribution in [0.25, 0.3) is 0 Å². The van der Waals surface area contributed by atoms with Gasteiger partial charge in [0.25, 0.3) is 5.91 Å². The van der Waals surface area contributed by atoms with Crippen LogP contribution in [0.5, 0.6) is 0 Å². The standard InChI is InChI=1S/C26H28N2O2S/c1-19-12-13-22(18-20(19)2)31-17-15-25(29)28-24-11-7-6-10-23(24)26(30)27-16-14-21-8-4-3-5-9-21/h3-13,18H,14-17H2,1-2H3,(H,27,30)(H,28,29). The van der Waals surface area contributed by atoms with E-state index in [9.17, 15) is 9.59 Å². The van der Waals surface area contributed by atoms with E-state index in [4.69, 9.17) is 0 Å². The Balaban J connectivity index is 1.50. The van der Waals surface area contributed by atoms with Gasteiger partial charge in [-0.05, 0) is 61.2 Å². The van der Waals surface area contributed by atoms with Gasteiger partial charge in [0.15, 0.2) is 0 Å². The zero-order chi connectivity index (χ0) is 22.1. The quantitative estimate of drug-likeness (QED) is 0.445. The van der Waals surface area contributed by atoms with Crippen LogP contribution >= 0.6 is 11.8 Å². The molecule has 0 aliphatic carbocycles. The van der Waals surface area contributed by atoms with Gasteiger partial charge < -0.3 is 10.6 Å². The first-order chi connectivity index (χ1) is 15.0. The van der Waals surface area contributed by atoms with Crippen molar-refractivity contribution in [3.8, 4) is 0 Å². The SMILES string of the molecule is Cc1ccc(SCCC(=O)Nc2ccccc2C(=O)NCCc2ccccc2)cc1C. The molecule has 3 aromatic carbocycles. The van der Waals surface area contributed by atoms with Crippen molar-refractivity contribution < 1.29 is 9.59 Å². The molecule has 0 heterocycles. The number of nitrogens with one attached hydrogen (secondary N) is 2. The average molecular weight is 433 g/mol. The molecule has 0 saturated carbocycles. The van der Waals surface area contributed by atoms with Gasteiger partial charge >= 0.3 is 0 Å². The Morgan fingerprint density at radius 1 is 0.871 bits per heavy atom. The highest BCUT2D eigenvalue weighted by atomic mass is 32.2. The van der Waals surface area contributed by atoms with Crippen molar-refractivity contribution >= 4 is 29.3 Å². The smallest absolute Gasteiger partial charge is 0.253 e. The number of amides is 2. The lowest BCUT2D eigenvalue weighted by Gasteiger charge is -2.12. The molecule has 160 valence electrons. The van der Waals surface area contributed by atoms with Crippen LogP contribution in [0.1, 0.15) is 33.5 Å². The molecule has 0 atom stereocenters. The van der Waals surface area contributed by atoms with E-state index in [0.29, 0.717) is 30.0 Å². The molecule has 0 aliphatic rings. The second-order valence-electron chi connectivity index (χ2n) is 7.43. The zero-order valence-corrected chi connectivity index (χ0v) is 18.8. The molecule has 0 bridgehead atoms. The summed E-state index contributed by atoms with van der Waals surface area (Å²) in [5.41, 5.74) is 4.71. The molecule has 2 N–H and O–H groups in total. The Labute approximate surface area is 188 Å². The molecule has 0 aliphatic heterocycles. The Morgan fingerprint density at radius 3 is 2.39 bits per heavy atom. The van der Waals surface area contributed by atoms with Crippen molar-refractivity contribution in [1.29, 1.82) is 0 Å². The maximum absolute atomic E-state index is 12.6. The fourth-order valence-electron chi connectivity index (χ4n) is 3.13. The van der Waals surface area contributed by atoms with Gasteiger partial charge in [-0.15, -0.1) is 11.8 Å². The molecular formula is C26H28N2O2S. The lowest BCUT2D eigenvalue weighted by molar-refractivity contribution is -0.115. The number of carbonyl (C=O) groups excluding carboxylic acids is 2. The summed E-state index contributed by atoms with van der Waals surface area (Å²) in [6.45, 7) is 4.72. The van der Waals surface area contributed by atoms with Crippen LogP contribution in [0.4, 0.5) is 5.69 Å². The van der Waals surface area contributed by atoms with Gasteiger partial charge in [0.2, 0.25) is 5.91 Å². The van der Waals surface area contributed by atoms with Crippen LogP contribution in [-0.4, -0.2) is 24.1 Å². The van der Waals surface area contributed by atoms with E-state index in [1.165, 1.54) is 16.7 Å². The van der Waals surface area contributed by atoms with E-state index in [2.05, 4.69) is 42.7 Å². The number of thioether (sulfide) groups is 1. The minimum atomic E-state index is -0.184. The third kappa shape index (κ3) is 7.00. The predicted molar refractivity (Wildman–Crippen MR) is 129 cm³/mol. The number of carbonyl (C=O) groups is 2. The molecule has 0 saturated heterocycles. The Hall–Kier alpha value is -3.05. The topological polar surface area (TPSA) is 58.2 Å². The van der Waals surface area contributed by atoms with Crippen molar-refractivity contribution in [1.82, 2.24) is 5.32 Å². The molecule has 5 heteroatoms. The van der Waals surface area contributed by atoms with E-state index < -0.39 is 0 Å². The number of rotatable bonds is 9. The fraction of sp³-hybridized carbons (Fsp3) is 0.231. The van der Waals surface area contributed by atoms with Crippen LogP contribution in [0.3, 0.4) is 0 Å². The minimum Gasteiger partial charge on any atom is -0.352 e. The third-order valence-electron chi connectivity index (χ3n) is 5.06. The van der Waals surface area contributed by atoms with Crippen molar-refractivity contribution in [3.05, 3.63) is 95.1 Å². The summed E-state index contributed by atoms with van der Waals surface area (Å²) in [5, 5.41) is 5.83. The maximum Gasteiger partial charge on any atom is 0.253 e. The minimum absolute atomic E-state index is 0.0964. The lowest BCUT2D eigenvalue weighted by atomic mass is 10.1. The van der Waals surface area contributed by atoms with E-state index in [0.717, 1.165) is 11.3 Å². The van der Waals surface area contributed by atoms with Gasteiger partial charge in [0, 0.05) is 23.6 Å². The van der Waals surface area contributed by atoms with E-state index >= 15 is 0 Å². The summed E-state index contributed by atoms with van der Waals surface area (Å²) in [5.74, 6) is 0.400. The zero-order valence-electron chi connectivity index (χ0n) is 18.0. The van der Waals surface area contributed by atoms with E-state index in [1.807, 2.05) is 36.4 Å². The first-order valence-electron chi connectivity index (χ1n) is 10.4. The van der Waals surface area contributed by atoms with Gasteiger partial charge in [-0.2, -0.15) is 0 Å². The molecule has 0 spiro atoms. The van der Waals surface area contributed by atoms with Gasteiger partial charge in [0.05, 0.1) is 11.3 Å². The van der Waals surface area contributed by atoms with Crippen LogP contribution in [0, 0.1) is 13.8 Å². The van der Waals surface area contributed by atoms with E-state index in [-0.39, 0.29) is 11.8 Å². The predicted octanol–water partition coefficient (Wildman–Crippen LogP) is 5.40. The molecule has 0 unspecified atom stereocenters. The monoisotopic (exact) mass is 432 g/mol. The normalized spacial score (nSPS) is 10.5. The number of para-hydroxylation sites is 1.